The van der Waals surface area contributed by atoms with Crippen molar-refractivity contribution in [3.8, 4) is 11.3 Å². The van der Waals surface area contributed by atoms with Crippen molar-refractivity contribution in [1.82, 2.24) is 10.3 Å². The zero-order valence-corrected chi connectivity index (χ0v) is 18.9. The Labute approximate surface area is 188 Å². The van der Waals surface area contributed by atoms with E-state index in [1.807, 2.05) is 44.2 Å². The minimum atomic E-state index is -0.299. The molecule has 1 aromatic heterocycles. The standard InChI is InChI=1S/C22H25N3OS.2ClH/c1-15(21(23)19-6-4-3-5-7-19)22(26)24-13-12-17-8-10-18(11-9-17)20-14-27-16(2)25-20;;/h3-11,14-15,21H,12-13,23H2,1-2H3,(H,24,26);2*1H. The average Bonchev–Trinajstić information content (AvgIpc) is 3.14. The number of nitrogens with one attached hydrogen (secondary N) is 1. The molecule has 4 nitrogen and oxygen atoms in total. The summed E-state index contributed by atoms with van der Waals surface area (Å²) in [5, 5.41) is 6.14. The summed E-state index contributed by atoms with van der Waals surface area (Å²) >= 11 is 1.65. The summed E-state index contributed by atoms with van der Waals surface area (Å²) in [6.45, 7) is 4.48. The zero-order valence-electron chi connectivity index (χ0n) is 16.5. The highest BCUT2D eigenvalue weighted by molar-refractivity contribution is 7.09. The number of nitrogens with two attached hydrogens (primary N) is 1. The molecule has 1 amide bonds. The summed E-state index contributed by atoms with van der Waals surface area (Å²) in [6.07, 6.45) is 0.787. The Hall–Kier alpha value is -1.92. The van der Waals surface area contributed by atoms with Gasteiger partial charge in [0.2, 0.25) is 5.91 Å². The van der Waals surface area contributed by atoms with Crippen molar-refractivity contribution in [3.63, 3.8) is 0 Å². The fraction of sp³-hybridized carbons (Fsp3) is 0.273. The highest BCUT2D eigenvalue weighted by Crippen LogP contribution is 2.22. The molecule has 0 spiro atoms. The lowest BCUT2D eigenvalue weighted by Gasteiger charge is -2.19. The van der Waals surface area contributed by atoms with E-state index in [2.05, 4.69) is 39.9 Å². The Balaban J connectivity index is 0.00000210. The summed E-state index contributed by atoms with van der Waals surface area (Å²) < 4.78 is 0. The second-order valence-electron chi connectivity index (χ2n) is 6.71. The van der Waals surface area contributed by atoms with E-state index in [-0.39, 0.29) is 42.7 Å². The molecule has 2 aromatic carbocycles. The molecule has 3 rings (SSSR count). The van der Waals surface area contributed by atoms with E-state index in [0.717, 1.165) is 28.2 Å². The van der Waals surface area contributed by atoms with Gasteiger partial charge in [-0.15, -0.1) is 36.2 Å². The minimum absolute atomic E-state index is 0. The predicted molar refractivity (Wildman–Crippen MR) is 126 cm³/mol. The fourth-order valence-electron chi connectivity index (χ4n) is 2.96. The van der Waals surface area contributed by atoms with Crippen LogP contribution in [-0.4, -0.2) is 17.4 Å². The smallest absolute Gasteiger partial charge is 0.224 e. The number of halogens is 2. The maximum Gasteiger partial charge on any atom is 0.224 e. The summed E-state index contributed by atoms with van der Waals surface area (Å²) in [5.41, 5.74) is 10.5. The highest BCUT2D eigenvalue weighted by Gasteiger charge is 2.21. The number of hydrogen-bond acceptors (Lipinski definition) is 4. The third kappa shape index (κ3) is 6.82. The van der Waals surface area contributed by atoms with Gasteiger partial charge in [-0.25, -0.2) is 4.98 Å². The molecule has 1 heterocycles. The number of carbonyl (C=O) groups excluding carboxylic acids is 1. The molecule has 0 saturated heterocycles. The molecule has 0 radical (unpaired) electrons. The molecule has 0 fully saturated rings. The van der Waals surface area contributed by atoms with Crippen molar-refractivity contribution >= 4 is 42.1 Å². The molecule has 3 aromatic rings. The maximum absolute atomic E-state index is 12.4. The van der Waals surface area contributed by atoms with E-state index in [9.17, 15) is 4.79 Å². The number of thiazole rings is 1. The van der Waals surface area contributed by atoms with Gasteiger partial charge in [0.1, 0.15) is 0 Å². The number of rotatable bonds is 7. The van der Waals surface area contributed by atoms with Crippen molar-refractivity contribution < 1.29 is 4.79 Å². The van der Waals surface area contributed by atoms with Crippen LogP contribution >= 0.6 is 36.2 Å². The SMILES string of the molecule is Cc1nc(-c2ccc(CCNC(=O)C(C)C(N)c3ccccc3)cc2)cs1.Cl.Cl. The number of aryl methyl sites for hydroxylation is 1. The van der Waals surface area contributed by atoms with Crippen LogP contribution in [0.5, 0.6) is 0 Å². The van der Waals surface area contributed by atoms with Crippen LogP contribution in [0.1, 0.15) is 29.1 Å². The maximum atomic E-state index is 12.4. The van der Waals surface area contributed by atoms with Gasteiger partial charge in [0.05, 0.1) is 16.6 Å². The molecule has 0 saturated carbocycles. The van der Waals surface area contributed by atoms with E-state index in [4.69, 9.17) is 5.73 Å². The van der Waals surface area contributed by atoms with Gasteiger partial charge in [0.25, 0.3) is 0 Å². The predicted octanol–water partition coefficient (Wildman–Crippen LogP) is 4.96. The first-order valence-corrected chi connectivity index (χ1v) is 10.0. The topological polar surface area (TPSA) is 68.0 Å². The molecule has 0 bridgehead atoms. The first-order chi connectivity index (χ1) is 13.0. The Kier molecular flexibility index (Phi) is 10.3. The van der Waals surface area contributed by atoms with Gasteiger partial charge < -0.3 is 11.1 Å². The van der Waals surface area contributed by atoms with E-state index < -0.39 is 0 Å². The van der Waals surface area contributed by atoms with Crippen LogP contribution in [0.3, 0.4) is 0 Å². The summed E-state index contributed by atoms with van der Waals surface area (Å²) in [7, 11) is 0. The Morgan fingerprint density at radius 1 is 1.10 bits per heavy atom. The summed E-state index contributed by atoms with van der Waals surface area (Å²) in [4.78, 5) is 16.9. The largest absolute Gasteiger partial charge is 0.355 e. The Bertz CT molecular complexity index is 885. The second-order valence-corrected chi connectivity index (χ2v) is 7.78. The highest BCUT2D eigenvalue weighted by atomic mass is 35.5. The Morgan fingerprint density at radius 2 is 1.76 bits per heavy atom. The van der Waals surface area contributed by atoms with E-state index in [1.54, 1.807) is 11.3 Å². The molecule has 3 N–H and O–H groups in total. The van der Waals surface area contributed by atoms with Crippen molar-refractivity contribution in [2.24, 2.45) is 11.7 Å². The monoisotopic (exact) mass is 451 g/mol. The zero-order chi connectivity index (χ0) is 19.2. The quantitative estimate of drug-likeness (QED) is 0.533. The first kappa shape index (κ1) is 25.1. The van der Waals surface area contributed by atoms with Crippen LogP contribution in [-0.2, 0) is 11.2 Å². The Morgan fingerprint density at radius 3 is 2.34 bits per heavy atom. The lowest BCUT2D eigenvalue weighted by molar-refractivity contribution is -0.125. The molecule has 156 valence electrons. The van der Waals surface area contributed by atoms with Gasteiger partial charge in [-0.05, 0) is 24.5 Å². The number of benzene rings is 2. The van der Waals surface area contributed by atoms with Gasteiger partial charge in [0.15, 0.2) is 0 Å². The molecular weight excluding hydrogens is 425 g/mol. The van der Waals surface area contributed by atoms with Crippen LogP contribution in [0.25, 0.3) is 11.3 Å². The molecule has 7 heteroatoms. The van der Waals surface area contributed by atoms with Crippen molar-refractivity contribution in [2.75, 3.05) is 6.54 Å². The second kappa shape index (κ2) is 11.9. The minimum Gasteiger partial charge on any atom is -0.355 e. The van der Waals surface area contributed by atoms with Crippen molar-refractivity contribution in [1.29, 1.82) is 0 Å². The third-order valence-electron chi connectivity index (χ3n) is 4.72. The van der Waals surface area contributed by atoms with Gasteiger partial charge >= 0.3 is 0 Å². The van der Waals surface area contributed by atoms with Crippen molar-refractivity contribution in [2.45, 2.75) is 26.3 Å². The van der Waals surface area contributed by atoms with E-state index >= 15 is 0 Å². The van der Waals surface area contributed by atoms with Gasteiger partial charge in [-0.1, -0.05) is 61.5 Å². The first-order valence-electron chi connectivity index (χ1n) is 9.14. The van der Waals surface area contributed by atoms with E-state index in [0.29, 0.717) is 6.54 Å². The van der Waals surface area contributed by atoms with E-state index in [1.165, 1.54) is 5.56 Å². The molecule has 29 heavy (non-hydrogen) atoms. The summed E-state index contributed by atoms with van der Waals surface area (Å²) in [5.74, 6) is -0.288. The molecule has 0 aliphatic rings. The third-order valence-corrected chi connectivity index (χ3v) is 5.49. The molecule has 2 unspecified atom stereocenters. The fourth-order valence-corrected chi connectivity index (χ4v) is 3.58. The van der Waals surface area contributed by atoms with Crippen molar-refractivity contribution in [3.05, 3.63) is 76.1 Å². The lowest BCUT2D eigenvalue weighted by Crippen LogP contribution is -2.36. The molecule has 0 aliphatic heterocycles. The van der Waals surface area contributed by atoms with Crippen LogP contribution in [0.15, 0.2) is 60.0 Å². The van der Waals surface area contributed by atoms with Crippen LogP contribution in [0, 0.1) is 12.8 Å². The number of carbonyl (C=O) groups is 1. The van der Waals surface area contributed by atoms with Gasteiger partial charge in [0, 0.05) is 23.5 Å². The molecular formula is C22H27Cl2N3OS. The average molecular weight is 452 g/mol. The van der Waals surface area contributed by atoms with Gasteiger partial charge in [-0.3, -0.25) is 4.79 Å². The van der Waals surface area contributed by atoms with Gasteiger partial charge in [-0.2, -0.15) is 0 Å². The molecule has 2 atom stereocenters. The molecule has 0 aliphatic carbocycles. The number of amides is 1. The number of aromatic nitrogens is 1. The summed E-state index contributed by atoms with van der Waals surface area (Å²) in [6, 6.07) is 17.8. The van der Waals surface area contributed by atoms with Crippen LogP contribution in [0.4, 0.5) is 0 Å². The normalized spacial score (nSPS) is 12.2. The number of hydrogen-bond donors (Lipinski definition) is 2. The van der Waals surface area contributed by atoms with Crippen LogP contribution < -0.4 is 11.1 Å². The van der Waals surface area contributed by atoms with Crippen LogP contribution in [0.2, 0.25) is 0 Å². The lowest BCUT2D eigenvalue weighted by atomic mass is 9.94. The number of nitrogens with zero attached hydrogens (tertiary/aromatic N) is 1.